The largest absolute Gasteiger partial charge is 0.364 e. The maximum Gasteiger partial charge on any atom is 0.269 e. The number of nitrogens with two attached hydrogens (primary N) is 1. The second-order valence-electron chi connectivity index (χ2n) is 2.90. The average molecular weight is 216 g/mol. The molecule has 0 heterocycles. The molecule has 4 N–H and O–H groups in total. The Balaban J connectivity index is 2.65. The van der Waals surface area contributed by atoms with E-state index >= 15 is 0 Å². The predicted molar refractivity (Wildman–Crippen MR) is 67.0 cm³/mol. The van der Waals surface area contributed by atoms with Crippen LogP contribution >= 0.6 is 0 Å². The highest BCUT2D eigenvalue weighted by atomic mass is 15.4. The molecular formula is C11H14N5+. The smallest absolute Gasteiger partial charge is 0.269 e. The van der Waals surface area contributed by atoms with Crippen molar-refractivity contribution in [3.8, 4) is 0 Å². The zero-order valence-corrected chi connectivity index (χ0v) is 8.85. The molecule has 0 aliphatic carbocycles. The molecule has 5 heteroatoms. The first-order valence-electron chi connectivity index (χ1n) is 4.63. The fourth-order valence-electron chi connectivity index (χ4n) is 0.991. The molecular weight excluding hydrogens is 202 g/mol. The molecule has 1 aromatic rings. The van der Waals surface area contributed by atoms with Crippen LogP contribution in [0.4, 0.5) is 0 Å². The number of hydrazine groups is 1. The summed E-state index contributed by atoms with van der Waals surface area (Å²) in [6.07, 6.45) is 3.38. The molecule has 1 rings (SSSR count). The van der Waals surface area contributed by atoms with Gasteiger partial charge in [-0.25, -0.2) is 0 Å². The van der Waals surface area contributed by atoms with Crippen molar-refractivity contribution in [3.63, 3.8) is 0 Å². The lowest BCUT2D eigenvalue weighted by molar-refractivity contribution is -0.496. The van der Waals surface area contributed by atoms with Gasteiger partial charge in [0, 0.05) is 0 Å². The molecule has 0 aliphatic rings. The summed E-state index contributed by atoms with van der Waals surface area (Å²) in [4.78, 5) is 0. The first kappa shape index (κ1) is 11.6. The zero-order chi connectivity index (χ0) is 11.8. The van der Waals surface area contributed by atoms with E-state index in [9.17, 15) is 0 Å². The molecule has 0 atom stereocenters. The molecule has 0 fully saturated rings. The maximum absolute atomic E-state index is 5.40. The molecule has 0 bridgehead atoms. The number of benzene rings is 1. The molecule has 5 nitrogen and oxygen atoms in total. The number of guanidine groups is 1. The highest BCUT2D eigenvalue weighted by Crippen LogP contribution is 2.03. The number of hydrogen-bond acceptors (Lipinski definition) is 2. The summed E-state index contributed by atoms with van der Waals surface area (Å²) < 4.78 is 0. The van der Waals surface area contributed by atoms with Crippen molar-refractivity contribution in [1.29, 1.82) is 0 Å². The Kier molecular flexibility index (Phi) is 4.46. The molecule has 16 heavy (non-hydrogen) atoms. The summed E-state index contributed by atoms with van der Waals surface area (Å²) in [7, 11) is 0. The van der Waals surface area contributed by atoms with Crippen molar-refractivity contribution in [3.05, 3.63) is 42.0 Å². The van der Waals surface area contributed by atoms with Crippen LogP contribution in [0.1, 0.15) is 11.1 Å². The van der Waals surface area contributed by atoms with E-state index in [1.165, 1.54) is 0 Å². The molecule has 0 aromatic heterocycles. The molecule has 82 valence electrons. The summed E-state index contributed by atoms with van der Waals surface area (Å²) in [5, 5.41) is 9.87. The van der Waals surface area contributed by atoms with E-state index in [2.05, 4.69) is 34.0 Å². The molecule has 0 radical (unpaired) electrons. The van der Waals surface area contributed by atoms with Crippen LogP contribution in [-0.2, 0) is 0 Å². The van der Waals surface area contributed by atoms with E-state index in [1.807, 2.05) is 24.3 Å². The monoisotopic (exact) mass is 216 g/mol. The predicted octanol–water partition coefficient (Wildman–Crippen LogP) is -0.736. The van der Waals surface area contributed by atoms with Crippen LogP contribution < -0.4 is 16.3 Å². The van der Waals surface area contributed by atoms with Gasteiger partial charge in [0.2, 0.25) is 0 Å². The standard InChI is InChI=1S/C11H13N5/c1-3-9-4-6-10(7-5-9)8-14-16-11(12)15-13-2/h3-8H,1-2H2,(H3,12,15,16)/p+1. The van der Waals surface area contributed by atoms with Crippen molar-refractivity contribution in [2.24, 2.45) is 15.9 Å². The van der Waals surface area contributed by atoms with E-state index in [4.69, 9.17) is 5.73 Å². The minimum atomic E-state index is 0.147. The zero-order valence-electron chi connectivity index (χ0n) is 8.85. The topological polar surface area (TPSA) is 76.7 Å². The van der Waals surface area contributed by atoms with E-state index in [0.717, 1.165) is 11.1 Å². The third-order valence-electron chi connectivity index (χ3n) is 1.76. The quantitative estimate of drug-likeness (QED) is 0.352. The van der Waals surface area contributed by atoms with Crippen LogP contribution in [0.2, 0.25) is 0 Å². The van der Waals surface area contributed by atoms with Crippen LogP contribution in [0.25, 0.3) is 6.08 Å². The second kappa shape index (κ2) is 6.13. The first-order chi connectivity index (χ1) is 7.76. The molecule has 0 spiro atoms. The summed E-state index contributed by atoms with van der Waals surface area (Å²) >= 11 is 0. The van der Waals surface area contributed by atoms with Gasteiger partial charge in [0.05, 0.1) is 6.21 Å². The lowest BCUT2D eigenvalue weighted by Gasteiger charge is -1.93. The van der Waals surface area contributed by atoms with Crippen molar-refractivity contribution in [2.45, 2.75) is 0 Å². The van der Waals surface area contributed by atoms with Crippen molar-refractivity contribution >= 4 is 25.0 Å². The van der Waals surface area contributed by atoms with Gasteiger partial charge in [-0.2, -0.15) is 5.10 Å². The van der Waals surface area contributed by atoms with E-state index in [0.29, 0.717) is 0 Å². The van der Waals surface area contributed by atoms with Gasteiger partial charge in [-0.15, -0.1) is 15.6 Å². The Hall–Kier alpha value is -2.43. The Labute approximate surface area is 94.1 Å². The SMILES string of the molecule is C=Cc1ccc(C=N/N=C(\N)N[NH+]=C)cc1. The molecule has 0 aliphatic heterocycles. The molecule has 0 saturated heterocycles. The second-order valence-corrected chi connectivity index (χ2v) is 2.90. The van der Waals surface area contributed by atoms with Crippen molar-refractivity contribution in [2.75, 3.05) is 0 Å². The molecule has 0 unspecified atom stereocenters. The third kappa shape index (κ3) is 3.75. The molecule has 1 aromatic carbocycles. The number of nitrogens with one attached hydrogen (secondary N) is 2. The van der Waals surface area contributed by atoms with Crippen LogP contribution in [0.3, 0.4) is 0 Å². The van der Waals surface area contributed by atoms with Gasteiger partial charge >= 0.3 is 0 Å². The molecule has 0 amide bonds. The number of nitrogens with zero attached hydrogens (tertiary/aromatic N) is 2. The lowest BCUT2D eigenvalue weighted by Crippen LogP contribution is -2.80. The highest BCUT2D eigenvalue weighted by Gasteiger charge is 1.89. The summed E-state index contributed by atoms with van der Waals surface area (Å²) in [5.74, 6) is 0.147. The van der Waals surface area contributed by atoms with Gasteiger partial charge in [-0.3, -0.25) is 0 Å². The van der Waals surface area contributed by atoms with Crippen LogP contribution in [0, 0.1) is 0 Å². The summed E-state index contributed by atoms with van der Waals surface area (Å²) in [6.45, 7) is 7.00. The Morgan fingerprint density at radius 3 is 2.50 bits per heavy atom. The van der Waals surface area contributed by atoms with Gasteiger partial charge in [-0.1, -0.05) is 36.9 Å². The van der Waals surface area contributed by atoms with E-state index in [1.54, 1.807) is 12.3 Å². The normalized spacial score (nSPS) is 11.4. The summed E-state index contributed by atoms with van der Waals surface area (Å²) in [5.41, 5.74) is 9.89. The average Bonchev–Trinajstić information content (AvgIpc) is 2.30. The van der Waals surface area contributed by atoms with Crippen LogP contribution in [0.15, 0.2) is 41.0 Å². The van der Waals surface area contributed by atoms with Crippen LogP contribution in [0.5, 0.6) is 0 Å². The van der Waals surface area contributed by atoms with Gasteiger partial charge in [0.1, 0.15) is 0 Å². The summed E-state index contributed by atoms with van der Waals surface area (Å²) in [6, 6.07) is 7.72. The van der Waals surface area contributed by atoms with Crippen molar-refractivity contribution < 1.29 is 5.10 Å². The Morgan fingerprint density at radius 2 is 1.94 bits per heavy atom. The van der Waals surface area contributed by atoms with Gasteiger partial charge in [0.25, 0.3) is 5.96 Å². The third-order valence-corrected chi connectivity index (χ3v) is 1.76. The highest BCUT2D eigenvalue weighted by molar-refractivity contribution is 5.82. The Morgan fingerprint density at radius 1 is 1.31 bits per heavy atom. The Bertz CT molecular complexity index is 417. The number of hydrogen-bond donors (Lipinski definition) is 3. The van der Waals surface area contributed by atoms with Gasteiger partial charge < -0.3 is 5.73 Å². The van der Waals surface area contributed by atoms with E-state index < -0.39 is 0 Å². The molecule has 0 saturated carbocycles. The lowest BCUT2D eigenvalue weighted by atomic mass is 10.1. The van der Waals surface area contributed by atoms with E-state index in [-0.39, 0.29) is 5.96 Å². The number of rotatable bonds is 4. The fraction of sp³-hybridized carbons (Fsp3) is 0. The minimum absolute atomic E-state index is 0.147. The first-order valence-corrected chi connectivity index (χ1v) is 4.63. The van der Waals surface area contributed by atoms with Crippen molar-refractivity contribution in [1.82, 2.24) is 5.43 Å². The maximum atomic E-state index is 5.40. The van der Waals surface area contributed by atoms with Crippen LogP contribution in [-0.4, -0.2) is 18.9 Å². The van der Waals surface area contributed by atoms with Gasteiger partial charge in [-0.05, 0) is 11.1 Å². The fourth-order valence-corrected chi connectivity index (χ4v) is 0.991. The number of hydrazone groups is 1. The van der Waals surface area contributed by atoms with Gasteiger partial charge in [0.15, 0.2) is 6.72 Å². The minimum Gasteiger partial charge on any atom is -0.364 e.